The molecule has 2 aromatic rings. The molecule has 0 bridgehead atoms. The highest BCUT2D eigenvalue weighted by atomic mass is 16.5. The predicted octanol–water partition coefficient (Wildman–Crippen LogP) is 3.78. The number of ether oxygens (including phenoxy) is 2. The monoisotopic (exact) mass is 396 g/mol. The van der Waals surface area contributed by atoms with Crippen LogP contribution in [0.25, 0.3) is 0 Å². The molecule has 0 spiro atoms. The van der Waals surface area contributed by atoms with Crippen molar-refractivity contribution in [2.45, 2.75) is 46.2 Å². The summed E-state index contributed by atoms with van der Waals surface area (Å²) in [4.78, 5) is 14.6. The van der Waals surface area contributed by atoms with Crippen LogP contribution in [0.4, 0.5) is 0 Å². The van der Waals surface area contributed by atoms with Gasteiger partial charge in [-0.25, -0.2) is 0 Å². The summed E-state index contributed by atoms with van der Waals surface area (Å²) in [5.74, 6) is 1.69. The Kier molecular flexibility index (Phi) is 7.15. The summed E-state index contributed by atoms with van der Waals surface area (Å²) in [6.07, 6.45) is 2.27. The number of nitrogens with one attached hydrogen (secondary N) is 1. The quantitative estimate of drug-likeness (QED) is 0.690. The molecule has 29 heavy (non-hydrogen) atoms. The fourth-order valence-corrected chi connectivity index (χ4v) is 3.76. The fourth-order valence-electron chi connectivity index (χ4n) is 3.76. The summed E-state index contributed by atoms with van der Waals surface area (Å²) >= 11 is 0. The van der Waals surface area contributed by atoms with E-state index in [1.807, 2.05) is 17.0 Å². The summed E-state index contributed by atoms with van der Waals surface area (Å²) in [7, 11) is 3.29. The highest BCUT2D eigenvalue weighted by Gasteiger charge is 2.22. The van der Waals surface area contributed by atoms with Crippen LogP contribution in [0.1, 0.15) is 40.7 Å². The maximum Gasteiger partial charge on any atom is 0.222 e. The van der Waals surface area contributed by atoms with Gasteiger partial charge >= 0.3 is 0 Å². The van der Waals surface area contributed by atoms with Crippen molar-refractivity contribution in [2.24, 2.45) is 0 Å². The van der Waals surface area contributed by atoms with Gasteiger partial charge in [-0.3, -0.25) is 4.79 Å². The van der Waals surface area contributed by atoms with Crippen LogP contribution in [0.3, 0.4) is 0 Å². The van der Waals surface area contributed by atoms with Gasteiger partial charge in [0.15, 0.2) is 11.5 Å². The Hall–Kier alpha value is -2.53. The minimum atomic E-state index is 0.221. The summed E-state index contributed by atoms with van der Waals surface area (Å²) in [6.45, 7) is 7.35. The molecule has 0 saturated carbocycles. The molecule has 156 valence electrons. The van der Waals surface area contributed by atoms with E-state index < -0.39 is 0 Å². The fraction of sp³-hybridized carbons (Fsp3) is 0.458. The Labute approximate surface area is 174 Å². The van der Waals surface area contributed by atoms with E-state index in [1.165, 1.54) is 22.3 Å². The lowest BCUT2D eigenvalue weighted by atomic mass is 9.98. The zero-order valence-corrected chi connectivity index (χ0v) is 18.0. The van der Waals surface area contributed by atoms with E-state index in [9.17, 15) is 4.79 Å². The van der Waals surface area contributed by atoms with Gasteiger partial charge in [-0.05, 0) is 73.2 Å². The first-order valence-corrected chi connectivity index (χ1v) is 10.3. The third kappa shape index (κ3) is 5.30. The van der Waals surface area contributed by atoms with Gasteiger partial charge in [-0.15, -0.1) is 0 Å². The highest BCUT2D eigenvalue weighted by molar-refractivity contribution is 5.76. The van der Waals surface area contributed by atoms with Crippen LogP contribution >= 0.6 is 0 Å². The molecule has 5 heteroatoms. The van der Waals surface area contributed by atoms with Gasteiger partial charge in [-0.2, -0.15) is 0 Å². The van der Waals surface area contributed by atoms with E-state index in [2.05, 4.69) is 37.4 Å². The van der Waals surface area contributed by atoms with Crippen molar-refractivity contribution in [1.29, 1.82) is 0 Å². The molecule has 1 aliphatic heterocycles. The summed E-state index contributed by atoms with van der Waals surface area (Å²) in [5, 5.41) is 3.45. The number of aryl methyl sites for hydroxylation is 2. The Morgan fingerprint density at radius 2 is 1.76 bits per heavy atom. The second-order valence-electron chi connectivity index (χ2n) is 7.74. The first-order valence-electron chi connectivity index (χ1n) is 10.3. The van der Waals surface area contributed by atoms with Gasteiger partial charge < -0.3 is 19.7 Å². The molecular weight excluding hydrogens is 364 g/mol. The molecule has 0 aromatic heterocycles. The van der Waals surface area contributed by atoms with E-state index in [0.29, 0.717) is 13.0 Å². The van der Waals surface area contributed by atoms with E-state index in [1.54, 1.807) is 14.2 Å². The zero-order valence-electron chi connectivity index (χ0n) is 18.0. The van der Waals surface area contributed by atoms with Gasteiger partial charge in [0, 0.05) is 26.1 Å². The van der Waals surface area contributed by atoms with Crippen molar-refractivity contribution in [3.63, 3.8) is 0 Å². The van der Waals surface area contributed by atoms with Crippen molar-refractivity contribution in [1.82, 2.24) is 10.2 Å². The number of carbonyl (C=O) groups is 1. The number of nitrogens with zero attached hydrogens (tertiary/aromatic N) is 1. The maximum absolute atomic E-state index is 12.6. The molecule has 1 heterocycles. The van der Waals surface area contributed by atoms with Crippen LogP contribution in [0.2, 0.25) is 0 Å². The van der Waals surface area contributed by atoms with E-state index >= 15 is 0 Å². The average Bonchev–Trinajstić information content (AvgIpc) is 2.74. The first kappa shape index (κ1) is 21.2. The Morgan fingerprint density at radius 3 is 2.45 bits per heavy atom. The van der Waals surface area contributed by atoms with E-state index in [4.69, 9.17) is 9.47 Å². The third-order valence-corrected chi connectivity index (χ3v) is 5.72. The van der Waals surface area contributed by atoms with Gasteiger partial charge in [-0.1, -0.05) is 18.2 Å². The molecule has 0 unspecified atom stereocenters. The van der Waals surface area contributed by atoms with Crippen LogP contribution in [0.5, 0.6) is 11.5 Å². The maximum atomic E-state index is 12.6. The second kappa shape index (κ2) is 9.79. The molecule has 0 radical (unpaired) electrons. The van der Waals surface area contributed by atoms with Crippen molar-refractivity contribution < 1.29 is 14.3 Å². The van der Waals surface area contributed by atoms with Gasteiger partial charge in [0.25, 0.3) is 0 Å². The minimum Gasteiger partial charge on any atom is -0.493 e. The van der Waals surface area contributed by atoms with Crippen LogP contribution in [0, 0.1) is 13.8 Å². The predicted molar refractivity (Wildman–Crippen MR) is 116 cm³/mol. The van der Waals surface area contributed by atoms with E-state index in [-0.39, 0.29) is 5.91 Å². The first-order chi connectivity index (χ1) is 14.0. The van der Waals surface area contributed by atoms with Gasteiger partial charge in [0.1, 0.15) is 0 Å². The number of carbonyl (C=O) groups excluding carboxylic acids is 1. The molecule has 5 nitrogen and oxygen atoms in total. The zero-order chi connectivity index (χ0) is 20.8. The Morgan fingerprint density at radius 1 is 1.03 bits per heavy atom. The molecule has 1 amide bonds. The summed E-state index contributed by atoms with van der Waals surface area (Å²) in [6, 6.07) is 10.6. The number of benzene rings is 2. The van der Waals surface area contributed by atoms with Crippen molar-refractivity contribution in [3.8, 4) is 11.5 Å². The molecular formula is C24H32N2O3. The molecule has 0 saturated heterocycles. The lowest BCUT2D eigenvalue weighted by molar-refractivity contribution is -0.132. The molecule has 3 rings (SSSR count). The van der Waals surface area contributed by atoms with Gasteiger partial charge in [0.05, 0.1) is 14.2 Å². The SMILES string of the molecule is COc1cc2c(cc1OC)CN(C(=O)CCCNCc1ccc(C)c(C)c1)CC2. The van der Waals surface area contributed by atoms with Crippen LogP contribution in [-0.2, 0) is 24.3 Å². The van der Waals surface area contributed by atoms with Crippen LogP contribution in [-0.4, -0.2) is 38.1 Å². The molecule has 1 aliphatic rings. The standard InChI is InChI=1S/C24H32N2O3/c1-17-7-8-19(12-18(17)2)15-25-10-5-6-24(27)26-11-9-20-13-22(28-3)23(29-4)14-21(20)16-26/h7-8,12-14,25H,5-6,9-11,15-16H2,1-4H3. The highest BCUT2D eigenvalue weighted by Crippen LogP contribution is 2.33. The van der Waals surface area contributed by atoms with Crippen molar-refractivity contribution in [3.05, 3.63) is 58.1 Å². The number of hydrogen-bond acceptors (Lipinski definition) is 4. The largest absolute Gasteiger partial charge is 0.493 e. The van der Waals surface area contributed by atoms with E-state index in [0.717, 1.165) is 49.5 Å². The Balaban J connectivity index is 1.45. The van der Waals surface area contributed by atoms with Crippen molar-refractivity contribution >= 4 is 5.91 Å². The molecule has 0 atom stereocenters. The molecule has 1 N–H and O–H groups in total. The smallest absolute Gasteiger partial charge is 0.222 e. The number of fused-ring (bicyclic) bond motifs is 1. The topological polar surface area (TPSA) is 50.8 Å². The summed E-state index contributed by atoms with van der Waals surface area (Å²) in [5.41, 5.74) is 6.31. The number of rotatable bonds is 8. The number of amides is 1. The van der Waals surface area contributed by atoms with Crippen LogP contribution < -0.4 is 14.8 Å². The summed E-state index contributed by atoms with van der Waals surface area (Å²) < 4.78 is 10.8. The van der Waals surface area contributed by atoms with Gasteiger partial charge in [0.2, 0.25) is 5.91 Å². The Bertz CT molecular complexity index is 863. The minimum absolute atomic E-state index is 0.221. The molecule has 2 aromatic carbocycles. The van der Waals surface area contributed by atoms with Crippen molar-refractivity contribution in [2.75, 3.05) is 27.3 Å². The average molecular weight is 397 g/mol. The third-order valence-electron chi connectivity index (χ3n) is 5.72. The lowest BCUT2D eigenvalue weighted by Gasteiger charge is -2.29. The lowest BCUT2D eigenvalue weighted by Crippen LogP contribution is -2.36. The second-order valence-corrected chi connectivity index (χ2v) is 7.74. The van der Waals surface area contributed by atoms with Crippen LogP contribution in [0.15, 0.2) is 30.3 Å². The normalized spacial score (nSPS) is 13.2. The molecule has 0 fully saturated rings. The molecule has 0 aliphatic carbocycles. The number of hydrogen-bond donors (Lipinski definition) is 1. The number of methoxy groups -OCH3 is 2.